The maximum atomic E-state index is 5.59. The van der Waals surface area contributed by atoms with Crippen LogP contribution in [0.3, 0.4) is 0 Å². The number of aromatic nitrogens is 2. The third kappa shape index (κ3) is 2.53. The minimum atomic E-state index is 0.578. The Morgan fingerprint density at radius 1 is 1.24 bits per heavy atom. The number of benzene rings is 1. The maximum absolute atomic E-state index is 5.59. The monoisotopic (exact) mass is 228 g/mol. The van der Waals surface area contributed by atoms with Crippen LogP contribution in [0.5, 0.6) is 0 Å². The first-order valence-corrected chi connectivity index (χ1v) is 5.62. The summed E-state index contributed by atoms with van der Waals surface area (Å²) in [6.07, 6.45) is 3.25. The molecule has 0 unspecified atom stereocenters. The van der Waals surface area contributed by atoms with Gasteiger partial charge in [-0.1, -0.05) is 12.1 Å². The summed E-state index contributed by atoms with van der Waals surface area (Å²) in [7, 11) is 0. The van der Waals surface area contributed by atoms with Gasteiger partial charge in [0, 0.05) is 12.2 Å². The highest BCUT2D eigenvalue weighted by Crippen LogP contribution is 2.22. The molecule has 1 heterocycles. The van der Waals surface area contributed by atoms with Gasteiger partial charge in [0.25, 0.3) is 0 Å². The number of hydrogen-bond donors (Lipinski definition) is 1. The molecule has 0 fully saturated rings. The van der Waals surface area contributed by atoms with Crippen LogP contribution in [-0.4, -0.2) is 16.5 Å². The number of anilines is 3. The molecule has 0 saturated heterocycles. The van der Waals surface area contributed by atoms with Gasteiger partial charge >= 0.3 is 0 Å². The van der Waals surface area contributed by atoms with E-state index < -0.39 is 0 Å². The van der Waals surface area contributed by atoms with Gasteiger partial charge in [0.1, 0.15) is 0 Å². The quantitative estimate of drug-likeness (QED) is 0.877. The van der Waals surface area contributed by atoms with Gasteiger partial charge in [0.2, 0.25) is 5.95 Å². The SMILES string of the molecule is CCN(c1cccc(C)c1)c1ncc(N)cn1. The highest BCUT2D eigenvalue weighted by Gasteiger charge is 2.09. The van der Waals surface area contributed by atoms with Crippen molar-refractivity contribution >= 4 is 17.3 Å². The Balaban J connectivity index is 2.36. The topological polar surface area (TPSA) is 55.0 Å². The van der Waals surface area contributed by atoms with E-state index in [1.807, 2.05) is 11.0 Å². The van der Waals surface area contributed by atoms with Crippen molar-refractivity contribution in [2.45, 2.75) is 13.8 Å². The zero-order valence-corrected chi connectivity index (χ0v) is 10.1. The molecule has 0 atom stereocenters. The molecule has 0 aliphatic rings. The Labute approximate surface area is 101 Å². The summed E-state index contributed by atoms with van der Waals surface area (Å²) in [4.78, 5) is 10.5. The van der Waals surface area contributed by atoms with Crippen LogP contribution in [0, 0.1) is 6.92 Å². The van der Waals surface area contributed by atoms with E-state index in [-0.39, 0.29) is 0 Å². The minimum Gasteiger partial charge on any atom is -0.396 e. The standard InChI is InChI=1S/C13H16N4/c1-3-17(12-6-4-5-10(2)7-12)13-15-8-11(14)9-16-13/h4-9H,3,14H2,1-2H3. The fourth-order valence-corrected chi connectivity index (χ4v) is 1.71. The molecule has 88 valence electrons. The second-order valence-corrected chi connectivity index (χ2v) is 3.90. The fraction of sp³-hybridized carbons (Fsp3) is 0.231. The normalized spacial score (nSPS) is 10.2. The van der Waals surface area contributed by atoms with Crippen molar-refractivity contribution in [1.82, 2.24) is 9.97 Å². The van der Waals surface area contributed by atoms with E-state index in [4.69, 9.17) is 5.73 Å². The van der Waals surface area contributed by atoms with E-state index in [1.54, 1.807) is 12.4 Å². The molecule has 2 N–H and O–H groups in total. The summed E-state index contributed by atoms with van der Waals surface area (Å²) in [5.74, 6) is 0.673. The first kappa shape index (κ1) is 11.4. The lowest BCUT2D eigenvalue weighted by atomic mass is 10.2. The Morgan fingerprint density at radius 3 is 2.53 bits per heavy atom. The Hall–Kier alpha value is -2.10. The third-order valence-electron chi connectivity index (χ3n) is 2.53. The van der Waals surface area contributed by atoms with Crippen molar-refractivity contribution in [3.05, 3.63) is 42.2 Å². The molecule has 0 aliphatic carbocycles. The van der Waals surface area contributed by atoms with Crippen molar-refractivity contribution in [3.63, 3.8) is 0 Å². The largest absolute Gasteiger partial charge is 0.396 e. The highest BCUT2D eigenvalue weighted by atomic mass is 15.2. The molecule has 0 radical (unpaired) electrons. The van der Waals surface area contributed by atoms with Crippen molar-refractivity contribution in [1.29, 1.82) is 0 Å². The van der Waals surface area contributed by atoms with Crippen LogP contribution < -0.4 is 10.6 Å². The van der Waals surface area contributed by atoms with Gasteiger partial charge in [-0.15, -0.1) is 0 Å². The Morgan fingerprint density at radius 2 is 1.94 bits per heavy atom. The van der Waals surface area contributed by atoms with Crippen molar-refractivity contribution in [2.24, 2.45) is 0 Å². The zero-order chi connectivity index (χ0) is 12.3. The van der Waals surface area contributed by atoms with Crippen LogP contribution in [0.1, 0.15) is 12.5 Å². The summed E-state index contributed by atoms with van der Waals surface area (Å²) >= 11 is 0. The molecule has 1 aromatic carbocycles. The molecule has 2 aromatic rings. The van der Waals surface area contributed by atoms with E-state index in [1.165, 1.54) is 5.56 Å². The molecule has 17 heavy (non-hydrogen) atoms. The molecule has 2 rings (SSSR count). The molecule has 0 spiro atoms. The molecule has 0 saturated carbocycles. The van der Waals surface area contributed by atoms with Crippen molar-refractivity contribution in [3.8, 4) is 0 Å². The molecule has 4 nitrogen and oxygen atoms in total. The highest BCUT2D eigenvalue weighted by molar-refractivity contribution is 5.58. The third-order valence-corrected chi connectivity index (χ3v) is 2.53. The average Bonchev–Trinajstić information content (AvgIpc) is 2.33. The average molecular weight is 228 g/mol. The van der Waals surface area contributed by atoms with Crippen molar-refractivity contribution in [2.75, 3.05) is 17.2 Å². The number of hydrogen-bond acceptors (Lipinski definition) is 4. The first-order chi connectivity index (χ1) is 8.20. The lowest BCUT2D eigenvalue weighted by molar-refractivity contribution is 0.947. The summed E-state index contributed by atoms with van der Waals surface area (Å²) in [6.45, 7) is 4.95. The molecule has 1 aromatic heterocycles. The second kappa shape index (κ2) is 4.82. The minimum absolute atomic E-state index is 0.578. The van der Waals surface area contributed by atoms with Gasteiger partial charge in [-0.25, -0.2) is 9.97 Å². The van der Waals surface area contributed by atoms with Crippen molar-refractivity contribution < 1.29 is 0 Å². The molecular weight excluding hydrogens is 212 g/mol. The van der Waals surface area contributed by atoms with Gasteiger partial charge < -0.3 is 10.6 Å². The molecule has 0 aliphatic heterocycles. The number of rotatable bonds is 3. The summed E-state index contributed by atoms with van der Waals surface area (Å²) in [5.41, 5.74) is 8.48. The second-order valence-electron chi connectivity index (χ2n) is 3.90. The maximum Gasteiger partial charge on any atom is 0.229 e. The summed E-state index contributed by atoms with van der Waals surface area (Å²) in [5, 5.41) is 0. The van der Waals surface area contributed by atoms with Gasteiger partial charge in [0.15, 0.2) is 0 Å². The molecule has 0 amide bonds. The van der Waals surface area contributed by atoms with Gasteiger partial charge in [-0.3, -0.25) is 0 Å². The predicted octanol–water partition coefficient (Wildman–Crippen LogP) is 2.53. The van der Waals surface area contributed by atoms with Crippen LogP contribution in [0.2, 0.25) is 0 Å². The number of aryl methyl sites for hydroxylation is 1. The van der Waals surface area contributed by atoms with E-state index in [2.05, 4.69) is 42.0 Å². The summed E-state index contributed by atoms with van der Waals surface area (Å²) in [6, 6.07) is 8.27. The van der Waals surface area contributed by atoms with Crippen LogP contribution in [-0.2, 0) is 0 Å². The smallest absolute Gasteiger partial charge is 0.229 e. The first-order valence-electron chi connectivity index (χ1n) is 5.62. The number of nitrogens with zero attached hydrogens (tertiary/aromatic N) is 3. The lowest BCUT2D eigenvalue weighted by Gasteiger charge is -2.21. The van der Waals surface area contributed by atoms with Gasteiger partial charge in [-0.05, 0) is 31.5 Å². The predicted molar refractivity (Wildman–Crippen MR) is 70.3 cm³/mol. The molecule has 0 bridgehead atoms. The fourth-order valence-electron chi connectivity index (χ4n) is 1.71. The van der Waals surface area contributed by atoms with E-state index in [9.17, 15) is 0 Å². The van der Waals surface area contributed by atoms with E-state index >= 15 is 0 Å². The Bertz CT molecular complexity index is 493. The lowest BCUT2D eigenvalue weighted by Crippen LogP contribution is -2.18. The van der Waals surface area contributed by atoms with Gasteiger partial charge in [0.05, 0.1) is 18.1 Å². The van der Waals surface area contributed by atoms with Gasteiger partial charge in [-0.2, -0.15) is 0 Å². The Kier molecular flexibility index (Phi) is 3.23. The van der Waals surface area contributed by atoms with Crippen LogP contribution in [0.4, 0.5) is 17.3 Å². The van der Waals surface area contributed by atoms with E-state index in [0.717, 1.165) is 12.2 Å². The van der Waals surface area contributed by atoms with E-state index in [0.29, 0.717) is 11.6 Å². The number of nitrogens with two attached hydrogens (primary N) is 1. The zero-order valence-electron chi connectivity index (χ0n) is 10.1. The molecular formula is C13H16N4. The molecule has 4 heteroatoms. The number of nitrogen functional groups attached to an aromatic ring is 1. The van der Waals surface area contributed by atoms with Crippen LogP contribution >= 0.6 is 0 Å². The van der Waals surface area contributed by atoms with Crippen LogP contribution in [0.15, 0.2) is 36.7 Å². The summed E-state index contributed by atoms with van der Waals surface area (Å²) < 4.78 is 0. The van der Waals surface area contributed by atoms with Crippen LogP contribution in [0.25, 0.3) is 0 Å².